The zero-order chi connectivity index (χ0) is 11.6. The highest BCUT2D eigenvalue weighted by Gasteiger charge is 2.19. The molecule has 0 aromatic heterocycles. The molecule has 0 saturated carbocycles. The Labute approximate surface area is 106 Å². The summed E-state index contributed by atoms with van der Waals surface area (Å²) in [5.41, 5.74) is 0. The number of benzene rings is 1. The molecule has 0 bridgehead atoms. The van der Waals surface area contributed by atoms with Gasteiger partial charge in [0, 0.05) is 16.7 Å². The van der Waals surface area contributed by atoms with Crippen molar-refractivity contribution in [2.24, 2.45) is 0 Å². The van der Waals surface area contributed by atoms with Gasteiger partial charge in [-0.3, -0.25) is 0 Å². The second-order valence-corrected chi connectivity index (χ2v) is 6.27. The van der Waals surface area contributed by atoms with Crippen LogP contribution < -0.4 is 9.47 Å². The van der Waals surface area contributed by atoms with Crippen LogP contribution in [0.2, 0.25) is 0 Å². The minimum atomic E-state index is -3.81. The van der Waals surface area contributed by atoms with Crippen LogP contribution >= 0.6 is 33.3 Å². The molecule has 0 aliphatic carbocycles. The highest BCUT2D eigenvalue weighted by atomic mass is 127. The Bertz CT molecular complexity index is 472. The summed E-state index contributed by atoms with van der Waals surface area (Å²) in [5.74, 6) is 0.707. The molecule has 1 rings (SSSR count). The van der Waals surface area contributed by atoms with E-state index in [9.17, 15) is 8.42 Å². The Morgan fingerprint density at radius 3 is 2.13 bits per heavy atom. The lowest BCUT2D eigenvalue weighted by molar-refractivity contribution is 0.384. The number of hydrogen-bond acceptors (Lipinski definition) is 4. The number of methoxy groups -OCH3 is 2. The van der Waals surface area contributed by atoms with E-state index in [-0.39, 0.29) is 10.6 Å². The molecule has 84 valence electrons. The summed E-state index contributed by atoms with van der Waals surface area (Å²) in [6.07, 6.45) is 0. The summed E-state index contributed by atoms with van der Waals surface area (Å²) in [5, 5.41) is 0. The van der Waals surface area contributed by atoms with Gasteiger partial charge in [0.25, 0.3) is 9.05 Å². The minimum Gasteiger partial charge on any atom is -0.496 e. The standard InChI is InChI=1S/C8H8ClIO4S/c1-13-6-4-7(14-2)8(3-5(6)10)15(9,11)12/h3-4H,1-2H3. The highest BCUT2D eigenvalue weighted by molar-refractivity contribution is 14.1. The summed E-state index contributed by atoms with van der Waals surface area (Å²) in [6.45, 7) is 0. The Kier molecular flexibility index (Phi) is 4.07. The van der Waals surface area contributed by atoms with Gasteiger partial charge in [-0.05, 0) is 28.7 Å². The molecule has 0 aliphatic rings. The maximum atomic E-state index is 11.2. The zero-order valence-corrected chi connectivity index (χ0v) is 11.7. The van der Waals surface area contributed by atoms with Crippen molar-refractivity contribution in [1.82, 2.24) is 0 Å². The zero-order valence-electron chi connectivity index (χ0n) is 7.95. The first-order valence-electron chi connectivity index (χ1n) is 3.76. The normalized spacial score (nSPS) is 11.2. The van der Waals surface area contributed by atoms with Gasteiger partial charge < -0.3 is 9.47 Å². The minimum absolute atomic E-state index is 0.0585. The molecule has 0 saturated heterocycles. The van der Waals surface area contributed by atoms with E-state index in [1.165, 1.54) is 26.4 Å². The van der Waals surface area contributed by atoms with Crippen molar-refractivity contribution in [3.05, 3.63) is 15.7 Å². The summed E-state index contributed by atoms with van der Waals surface area (Å²) in [6, 6.07) is 2.89. The van der Waals surface area contributed by atoms with Crippen LogP contribution in [-0.2, 0) is 9.05 Å². The molecule has 15 heavy (non-hydrogen) atoms. The van der Waals surface area contributed by atoms with Gasteiger partial charge in [-0.2, -0.15) is 0 Å². The second-order valence-electron chi connectivity index (χ2n) is 2.58. The topological polar surface area (TPSA) is 52.6 Å². The first kappa shape index (κ1) is 12.9. The van der Waals surface area contributed by atoms with E-state index >= 15 is 0 Å². The molecular weight excluding hydrogens is 355 g/mol. The molecule has 0 N–H and O–H groups in total. The molecule has 0 fully saturated rings. The molecule has 4 nitrogen and oxygen atoms in total. The van der Waals surface area contributed by atoms with Gasteiger partial charge >= 0.3 is 0 Å². The third-order valence-electron chi connectivity index (χ3n) is 1.70. The third-order valence-corrected chi connectivity index (χ3v) is 3.89. The SMILES string of the molecule is COc1cc(OC)c(S(=O)(=O)Cl)cc1I. The lowest BCUT2D eigenvalue weighted by atomic mass is 10.3. The Morgan fingerprint density at radius 1 is 1.20 bits per heavy atom. The quantitative estimate of drug-likeness (QED) is 0.611. The monoisotopic (exact) mass is 362 g/mol. The molecule has 0 aliphatic heterocycles. The van der Waals surface area contributed by atoms with Crippen molar-refractivity contribution >= 4 is 42.3 Å². The molecule has 0 heterocycles. The summed E-state index contributed by atoms with van der Waals surface area (Å²) in [7, 11) is 4.31. The van der Waals surface area contributed by atoms with Gasteiger partial charge in [-0.15, -0.1) is 0 Å². The van der Waals surface area contributed by atoms with Gasteiger partial charge in [-0.25, -0.2) is 8.42 Å². The van der Waals surface area contributed by atoms with E-state index in [4.69, 9.17) is 20.2 Å². The fourth-order valence-electron chi connectivity index (χ4n) is 1.02. The van der Waals surface area contributed by atoms with Crippen LogP contribution in [0.25, 0.3) is 0 Å². The fraction of sp³-hybridized carbons (Fsp3) is 0.250. The predicted octanol–water partition coefficient (Wildman–Crippen LogP) is 2.24. The highest BCUT2D eigenvalue weighted by Crippen LogP contribution is 2.34. The van der Waals surface area contributed by atoms with E-state index < -0.39 is 9.05 Å². The van der Waals surface area contributed by atoms with Crippen LogP contribution in [0.4, 0.5) is 0 Å². The number of halogens is 2. The number of ether oxygens (including phenoxy) is 2. The van der Waals surface area contributed by atoms with Gasteiger partial charge in [0.1, 0.15) is 16.4 Å². The predicted molar refractivity (Wildman–Crippen MR) is 65.3 cm³/mol. The first-order chi connectivity index (χ1) is 6.90. The van der Waals surface area contributed by atoms with Crippen LogP contribution in [0, 0.1) is 3.57 Å². The van der Waals surface area contributed by atoms with Crippen LogP contribution in [0.15, 0.2) is 17.0 Å². The lowest BCUT2D eigenvalue weighted by Gasteiger charge is -2.09. The molecule has 0 radical (unpaired) electrons. The van der Waals surface area contributed by atoms with E-state index in [1.54, 1.807) is 0 Å². The Balaban J connectivity index is 3.48. The van der Waals surface area contributed by atoms with E-state index in [0.29, 0.717) is 9.32 Å². The Morgan fingerprint density at radius 2 is 1.73 bits per heavy atom. The maximum absolute atomic E-state index is 11.2. The first-order valence-corrected chi connectivity index (χ1v) is 7.15. The third kappa shape index (κ3) is 2.88. The second kappa shape index (κ2) is 4.75. The van der Waals surface area contributed by atoms with Crippen LogP contribution in [0.3, 0.4) is 0 Å². The molecular formula is C8H8ClIO4S. The number of hydrogen-bond donors (Lipinski definition) is 0. The van der Waals surface area contributed by atoms with Crippen molar-refractivity contribution in [3.63, 3.8) is 0 Å². The van der Waals surface area contributed by atoms with E-state index in [0.717, 1.165) is 0 Å². The Hall–Kier alpha value is -0.210. The van der Waals surface area contributed by atoms with Crippen LogP contribution in [-0.4, -0.2) is 22.6 Å². The average molecular weight is 363 g/mol. The molecule has 0 atom stereocenters. The van der Waals surface area contributed by atoms with Crippen molar-refractivity contribution in [2.45, 2.75) is 4.90 Å². The molecule has 7 heteroatoms. The molecule has 1 aromatic carbocycles. The molecule has 0 unspecified atom stereocenters. The average Bonchev–Trinajstić information content (AvgIpc) is 2.16. The van der Waals surface area contributed by atoms with Crippen molar-refractivity contribution in [1.29, 1.82) is 0 Å². The van der Waals surface area contributed by atoms with Gasteiger partial charge in [0.05, 0.1) is 17.8 Å². The van der Waals surface area contributed by atoms with Crippen LogP contribution in [0.5, 0.6) is 11.5 Å². The maximum Gasteiger partial charge on any atom is 0.265 e. The molecule has 1 aromatic rings. The lowest BCUT2D eigenvalue weighted by Crippen LogP contribution is -1.98. The largest absolute Gasteiger partial charge is 0.496 e. The smallest absolute Gasteiger partial charge is 0.265 e. The molecule has 0 spiro atoms. The van der Waals surface area contributed by atoms with Gasteiger partial charge in [0.15, 0.2) is 0 Å². The van der Waals surface area contributed by atoms with Crippen molar-refractivity contribution < 1.29 is 17.9 Å². The fourth-order valence-corrected chi connectivity index (χ4v) is 2.92. The van der Waals surface area contributed by atoms with Crippen LogP contribution in [0.1, 0.15) is 0 Å². The number of rotatable bonds is 3. The summed E-state index contributed by atoms with van der Waals surface area (Å²) in [4.78, 5) is -0.0585. The van der Waals surface area contributed by atoms with Crippen molar-refractivity contribution in [2.75, 3.05) is 14.2 Å². The van der Waals surface area contributed by atoms with Gasteiger partial charge in [0.2, 0.25) is 0 Å². The molecule has 0 amide bonds. The van der Waals surface area contributed by atoms with E-state index in [2.05, 4.69) is 0 Å². The summed E-state index contributed by atoms with van der Waals surface area (Å²) >= 11 is 1.96. The van der Waals surface area contributed by atoms with Crippen molar-refractivity contribution in [3.8, 4) is 11.5 Å². The van der Waals surface area contributed by atoms with E-state index in [1.807, 2.05) is 22.6 Å². The summed E-state index contributed by atoms with van der Waals surface area (Å²) < 4.78 is 33.0. The van der Waals surface area contributed by atoms with Gasteiger partial charge in [-0.1, -0.05) is 0 Å².